The number of ether oxygens (including phenoxy) is 3. The highest BCUT2D eigenvalue weighted by Gasteiger charge is 2.55. The van der Waals surface area contributed by atoms with Crippen LogP contribution in [0.15, 0.2) is 0 Å². The van der Waals surface area contributed by atoms with E-state index in [9.17, 15) is 19.2 Å². The molecule has 118 valence electrons. The zero-order valence-electron chi connectivity index (χ0n) is 10.4. The van der Waals surface area contributed by atoms with E-state index in [2.05, 4.69) is 14.2 Å². The molecular formula is C10H12O11. The summed E-state index contributed by atoms with van der Waals surface area (Å²) in [5.74, 6) is -6.80. The van der Waals surface area contributed by atoms with E-state index in [0.717, 1.165) is 0 Å². The predicted molar refractivity (Wildman–Crippen MR) is 57.5 cm³/mol. The first-order valence-electron chi connectivity index (χ1n) is 5.52. The topological polar surface area (TPSA) is 177 Å². The van der Waals surface area contributed by atoms with E-state index in [4.69, 9.17) is 20.4 Å². The van der Waals surface area contributed by atoms with Gasteiger partial charge < -0.3 is 34.6 Å². The van der Waals surface area contributed by atoms with Gasteiger partial charge in [-0.15, -0.1) is 0 Å². The molecule has 1 heterocycles. The summed E-state index contributed by atoms with van der Waals surface area (Å²) in [6.07, 6.45) is -3.88. The number of rotatable bonds is 4. The van der Waals surface area contributed by atoms with Crippen LogP contribution in [0, 0.1) is 0 Å². The number of carbonyl (C=O) groups is 4. The van der Waals surface area contributed by atoms with E-state index < -0.39 is 61.5 Å². The van der Waals surface area contributed by atoms with Crippen LogP contribution in [0.4, 0.5) is 0 Å². The lowest BCUT2D eigenvalue weighted by Crippen LogP contribution is -2.56. The second-order valence-corrected chi connectivity index (χ2v) is 3.90. The van der Waals surface area contributed by atoms with Gasteiger partial charge in [-0.25, -0.2) is 19.2 Å². The molecule has 11 heteroatoms. The monoisotopic (exact) mass is 308 g/mol. The van der Waals surface area contributed by atoms with Crippen LogP contribution < -0.4 is 0 Å². The van der Waals surface area contributed by atoms with Gasteiger partial charge in [-0.1, -0.05) is 0 Å². The van der Waals surface area contributed by atoms with Crippen molar-refractivity contribution >= 4 is 23.9 Å². The van der Waals surface area contributed by atoms with Gasteiger partial charge in [0, 0.05) is 0 Å². The summed E-state index contributed by atoms with van der Waals surface area (Å²) in [6.45, 7) is -3.63. The first-order chi connectivity index (χ1) is 9.82. The Morgan fingerprint density at radius 2 is 1.52 bits per heavy atom. The van der Waals surface area contributed by atoms with Crippen LogP contribution >= 0.6 is 0 Å². The minimum absolute atomic E-state index is 1.07. The molecule has 0 bridgehead atoms. The fourth-order valence-electron chi connectivity index (χ4n) is 1.33. The summed E-state index contributed by atoms with van der Waals surface area (Å²) in [7, 11) is 0. The number of esters is 3. The summed E-state index contributed by atoms with van der Waals surface area (Å²) in [5, 5.41) is 35.9. The van der Waals surface area contributed by atoms with Gasteiger partial charge in [0.1, 0.15) is 6.61 Å². The number of aliphatic carboxylic acids is 1. The maximum absolute atomic E-state index is 11.7. The van der Waals surface area contributed by atoms with Crippen molar-refractivity contribution in [2.45, 2.75) is 17.8 Å². The van der Waals surface area contributed by atoms with Crippen molar-refractivity contribution in [2.24, 2.45) is 0 Å². The van der Waals surface area contributed by atoms with Crippen LogP contribution in [-0.2, 0) is 33.4 Å². The molecule has 1 aliphatic heterocycles. The van der Waals surface area contributed by atoms with Gasteiger partial charge in [0.15, 0.2) is 0 Å². The van der Waals surface area contributed by atoms with Crippen molar-refractivity contribution in [3.05, 3.63) is 0 Å². The lowest BCUT2D eigenvalue weighted by molar-refractivity contribution is -0.201. The van der Waals surface area contributed by atoms with Crippen LogP contribution in [-0.4, -0.2) is 81.9 Å². The van der Waals surface area contributed by atoms with Gasteiger partial charge in [0.05, 0.1) is 13.2 Å². The summed E-state index contributed by atoms with van der Waals surface area (Å²) >= 11 is 0. The number of carbonyl (C=O) groups excluding carboxylic acids is 3. The fraction of sp³-hybridized carbons (Fsp3) is 0.600. The lowest BCUT2D eigenvalue weighted by atomic mass is 10.1. The quantitative estimate of drug-likeness (QED) is 0.227. The number of carboxylic acid groups (broad SMARTS) is 1. The largest absolute Gasteiger partial charge is 0.478 e. The molecule has 1 fully saturated rings. The second kappa shape index (κ2) is 6.47. The maximum Gasteiger partial charge on any atom is 0.366 e. The number of aliphatic hydroxyl groups is 3. The molecule has 3 unspecified atom stereocenters. The molecule has 1 aliphatic rings. The number of cyclic esters (lactones) is 3. The van der Waals surface area contributed by atoms with E-state index in [0.29, 0.717) is 0 Å². The van der Waals surface area contributed by atoms with Crippen LogP contribution in [0.2, 0.25) is 0 Å². The highest BCUT2D eigenvalue weighted by molar-refractivity contribution is 6.06. The smallest absolute Gasteiger partial charge is 0.366 e. The second-order valence-electron chi connectivity index (χ2n) is 3.90. The Morgan fingerprint density at radius 3 is 1.95 bits per heavy atom. The van der Waals surface area contributed by atoms with Gasteiger partial charge in [-0.3, -0.25) is 0 Å². The zero-order valence-corrected chi connectivity index (χ0v) is 10.4. The molecule has 3 atom stereocenters. The molecule has 4 N–H and O–H groups in total. The Morgan fingerprint density at radius 1 is 1.00 bits per heavy atom. The van der Waals surface area contributed by atoms with E-state index in [1.807, 2.05) is 0 Å². The molecule has 1 saturated heterocycles. The predicted octanol–water partition coefficient (Wildman–Crippen LogP) is -3.83. The molecule has 0 aromatic rings. The lowest BCUT2D eigenvalue weighted by Gasteiger charge is -2.25. The molecule has 0 saturated carbocycles. The van der Waals surface area contributed by atoms with Crippen LogP contribution in [0.25, 0.3) is 0 Å². The highest BCUT2D eigenvalue weighted by atomic mass is 16.7. The molecular weight excluding hydrogens is 296 g/mol. The maximum atomic E-state index is 11.7. The summed E-state index contributed by atoms with van der Waals surface area (Å²) < 4.78 is 13.2. The third kappa shape index (κ3) is 3.09. The minimum Gasteiger partial charge on any atom is -0.478 e. The van der Waals surface area contributed by atoms with E-state index >= 15 is 0 Å². The normalized spacial score (nSPS) is 30.3. The third-order valence-corrected chi connectivity index (χ3v) is 2.54. The molecule has 21 heavy (non-hydrogen) atoms. The van der Waals surface area contributed by atoms with Gasteiger partial charge in [0.2, 0.25) is 12.2 Å². The Kier molecular flexibility index (Phi) is 5.18. The van der Waals surface area contributed by atoms with Gasteiger partial charge >= 0.3 is 29.5 Å². The number of hydrogen-bond donors (Lipinski definition) is 4. The standard InChI is InChI=1S/C10H12O11/c11-1-4-6(14)19-5(2-12)7(15)21-10(3-13,8(16)17)9(18)20-4/h4-5,11-13H,1-3H2,(H,16,17). The Bertz CT molecular complexity index is 456. The molecule has 0 amide bonds. The number of hydrogen-bond acceptors (Lipinski definition) is 10. The van der Waals surface area contributed by atoms with Gasteiger partial charge in [-0.2, -0.15) is 0 Å². The van der Waals surface area contributed by atoms with Crippen molar-refractivity contribution in [3.63, 3.8) is 0 Å². The van der Waals surface area contributed by atoms with E-state index in [-0.39, 0.29) is 0 Å². The van der Waals surface area contributed by atoms with Crippen LogP contribution in [0.1, 0.15) is 0 Å². The summed E-state index contributed by atoms with van der Waals surface area (Å²) in [5.41, 5.74) is -3.13. The van der Waals surface area contributed by atoms with E-state index in [1.54, 1.807) is 0 Å². The number of carboxylic acids is 1. The molecule has 0 aromatic carbocycles. The third-order valence-electron chi connectivity index (χ3n) is 2.54. The summed E-state index contributed by atoms with van der Waals surface area (Å²) in [6, 6.07) is 0. The average Bonchev–Trinajstić information content (AvgIpc) is 2.49. The van der Waals surface area contributed by atoms with E-state index in [1.165, 1.54) is 0 Å². The molecule has 0 radical (unpaired) electrons. The minimum atomic E-state index is -3.13. The summed E-state index contributed by atoms with van der Waals surface area (Å²) in [4.78, 5) is 46.0. The molecule has 0 spiro atoms. The van der Waals surface area contributed by atoms with Crippen molar-refractivity contribution in [3.8, 4) is 0 Å². The molecule has 0 aliphatic carbocycles. The average molecular weight is 308 g/mol. The molecule has 11 nitrogen and oxygen atoms in total. The highest BCUT2D eigenvalue weighted by Crippen LogP contribution is 2.19. The van der Waals surface area contributed by atoms with Crippen LogP contribution in [0.5, 0.6) is 0 Å². The first kappa shape index (κ1) is 16.8. The van der Waals surface area contributed by atoms with Crippen molar-refractivity contribution < 1.29 is 53.8 Å². The number of aliphatic hydroxyl groups excluding tert-OH is 3. The van der Waals surface area contributed by atoms with Gasteiger partial charge in [0.25, 0.3) is 0 Å². The molecule has 0 aromatic heterocycles. The van der Waals surface area contributed by atoms with Crippen molar-refractivity contribution in [1.82, 2.24) is 0 Å². The van der Waals surface area contributed by atoms with Crippen LogP contribution in [0.3, 0.4) is 0 Å². The Balaban J connectivity index is 3.30. The fourth-order valence-corrected chi connectivity index (χ4v) is 1.33. The Hall–Kier alpha value is -2.24. The van der Waals surface area contributed by atoms with Crippen molar-refractivity contribution in [2.75, 3.05) is 19.8 Å². The van der Waals surface area contributed by atoms with Gasteiger partial charge in [-0.05, 0) is 0 Å². The SMILES string of the molecule is O=C1OC(CO)(C(=O)O)C(=O)OC(CO)C(=O)OC1CO. The Labute approximate surface area is 116 Å². The zero-order chi connectivity index (χ0) is 16.2. The molecule has 1 rings (SSSR count). The van der Waals surface area contributed by atoms with Crippen molar-refractivity contribution in [1.29, 1.82) is 0 Å². The first-order valence-corrected chi connectivity index (χ1v) is 5.52.